The van der Waals surface area contributed by atoms with Crippen LogP contribution >= 0.6 is 0 Å². The fourth-order valence-corrected chi connectivity index (χ4v) is 4.21. The first kappa shape index (κ1) is 35.2. The van der Waals surface area contributed by atoms with Crippen molar-refractivity contribution in [1.29, 1.82) is 0 Å². The standard InChI is InChI=1S/C30H39N5O9/c1-17(2)15-23(29(41)34-27(18(3)4)30(42)31-20-7-9-21(10-8-20)35(43)44)33-28(40)24(32-25(37)13-14-26(38)39)16-19-5-11-22(36)12-6-19/h5-12,17-18,23-24,27,36H,13-16H2,1-4H3,(H,31,42)(H,32,37)(H,33,40)(H,34,41)(H,38,39). The van der Waals surface area contributed by atoms with E-state index >= 15 is 0 Å². The van der Waals surface area contributed by atoms with Crippen LogP contribution in [-0.4, -0.2) is 62.9 Å². The number of nitrogens with zero attached hydrogens (tertiary/aromatic N) is 1. The molecule has 4 amide bonds. The van der Waals surface area contributed by atoms with E-state index in [0.29, 0.717) is 11.3 Å². The Bertz CT molecular complexity index is 1330. The number of hydrogen-bond acceptors (Lipinski definition) is 8. The van der Waals surface area contributed by atoms with E-state index in [-0.39, 0.29) is 42.5 Å². The van der Waals surface area contributed by atoms with Crippen LogP contribution in [0.2, 0.25) is 0 Å². The van der Waals surface area contributed by atoms with Crippen molar-refractivity contribution >= 4 is 41.0 Å². The number of phenols is 1. The lowest BCUT2D eigenvalue weighted by Gasteiger charge is -2.27. The van der Waals surface area contributed by atoms with Crippen LogP contribution in [0.1, 0.15) is 52.5 Å². The molecule has 0 radical (unpaired) electrons. The van der Waals surface area contributed by atoms with Gasteiger partial charge in [0.05, 0.1) is 11.3 Å². The van der Waals surface area contributed by atoms with Gasteiger partial charge in [0.2, 0.25) is 23.6 Å². The lowest BCUT2D eigenvalue weighted by Crippen LogP contribution is -2.57. The number of non-ortho nitro benzene ring substituents is 1. The molecule has 0 saturated carbocycles. The van der Waals surface area contributed by atoms with Gasteiger partial charge in [0.25, 0.3) is 5.69 Å². The Morgan fingerprint density at radius 2 is 1.39 bits per heavy atom. The van der Waals surface area contributed by atoms with Crippen molar-refractivity contribution < 1.29 is 39.1 Å². The van der Waals surface area contributed by atoms with Crippen LogP contribution in [0.15, 0.2) is 48.5 Å². The lowest BCUT2D eigenvalue weighted by atomic mass is 9.99. The van der Waals surface area contributed by atoms with E-state index in [1.54, 1.807) is 26.0 Å². The number of amides is 4. The second-order valence-corrected chi connectivity index (χ2v) is 11.1. The molecule has 3 atom stereocenters. The highest BCUT2D eigenvalue weighted by atomic mass is 16.6. The molecule has 0 fully saturated rings. The smallest absolute Gasteiger partial charge is 0.303 e. The van der Waals surface area contributed by atoms with Crippen molar-refractivity contribution in [1.82, 2.24) is 16.0 Å². The summed E-state index contributed by atoms with van der Waals surface area (Å²) < 4.78 is 0. The Labute approximate surface area is 254 Å². The van der Waals surface area contributed by atoms with E-state index in [0.717, 1.165) is 0 Å². The number of carboxylic acid groups (broad SMARTS) is 1. The molecule has 2 aromatic carbocycles. The molecule has 0 spiro atoms. The van der Waals surface area contributed by atoms with Gasteiger partial charge < -0.3 is 31.5 Å². The van der Waals surface area contributed by atoms with Crippen molar-refractivity contribution in [2.24, 2.45) is 11.8 Å². The summed E-state index contributed by atoms with van der Waals surface area (Å²) in [6.45, 7) is 7.12. The number of aliphatic carboxylic acids is 1. The summed E-state index contributed by atoms with van der Waals surface area (Å²) >= 11 is 0. The Morgan fingerprint density at radius 1 is 0.795 bits per heavy atom. The van der Waals surface area contributed by atoms with Gasteiger partial charge in [-0.3, -0.25) is 34.1 Å². The highest BCUT2D eigenvalue weighted by Crippen LogP contribution is 2.17. The molecular formula is C30H39N5O9. The van der Waals surface area contributed by atoms with E-state index in [4.69, 9.17) is 5.11 Å². The number of carbonyl (C=O) groups is 5. The fourth-order valence-electron chi connectivity index (χ4n) is 4.21. The number of nitrogens with one attached hydrogen (secondary N) is 4. The van der Waals surface area contributed by atoms with Crippen LogP contribution in [-0.2, 0) is 30.4 Å². The maximum absolute atomic E-state index is 13.5. The zero-order valence-corrected chi connectivity index (χ0v) is 25.0. The lowest BCUT2D eigenvalue weighted by molar-refractivity contribution is -0.384. The predicted molar refractivity (Wildman–Crippen MR) is 160 cm³/mol. The molecule has 0 aliphatic carbocycles. The van der Waals surface area contributed by atoms with Gasteiger partial charge in [0, 0.05) is 30.7 Å². The van der Waals surface area contributed by atoms with Crippen LogP contribution in [0, 0.1) is 22.0 Å². The molecule has 14 heteroatoms. The van der Waals surface area contributed by atoms with E-state index in [1.807, 2.05) is 13.8 Å². The molecule has 0 aliphatic rings. The number of carboxylic acids is 1. The van der Waals surface area contributed by atoms with Crippen molar-refractivity contribution in [2.75, 3.05) is 5.32 Å². The third kappa shape index (κ3) is 11.7. The summed E-state index contributed by atoms with van der Waals surface area (Å²) in [6, 6.07) is 7.90. The highest BCUT2D eigenvalue weighted by Gasteiger charge is 2.31. The number of anilines is 1. The monoisotopic (exact) mass is 613 g/mol. The number of nitro benzene ring substituents is 1. The number of rotatable bonds is 16. The SMILES string of the molecule is CC(C)CC(NC(=O)C(Cc1ccc(O)cc1)NC(=O)CCC(=O)O)C(=O)NC(C(=O)Nc1ccc([N+](=O)[O-])cc1)C(C)C. The van der Waals surface area contributed by atoms with Crippen LogP contribution in [0.4, 0.5) is 11.4 Å². The second-order valence-electron chi connectivity index (χ2n) is 11.1. The van der Waals surface area contributed by atoms with E-state index in [9.17, 15) is 39.2 Å². The largest absolute Gasteiger partial charge is 0.508 e. The summed E-state index contributed by atoms with van der Waals surface area (Å²) in [4.78, 5) is 73.7. The Hall–Kier alpha value is -5.01. The van der Waals surface area contributed by atoms with Gasteiger partial charge in [-0.1, -0.05) is 39.8 Å². The molecule has 0 saturated heterocycles. The molecule has 0 aromatic heterocycles. The average molecular weight is 614 g/mol. The van der Waals surface area contributed by atoms with Gasteiger partial charge in [-0.05, 0) is 48.1 Å². The number of aromatic hydroxyl groups is 1. The van der Waals surface area contributed by atoms with Crippen LogP contribution < -0.4 is 21.3 Å². The molecular weight excluding hydrogens is 574 g/mol. The minimum Gasteiger partial charge on any atom is -0.508 e. The van der Waals surface area contributed by atoms with Crippen LogP contribution in [0.3, 0.4) is 0 Å². The molecule has 3 unspecified atom stereocenters. The molecule has 14 nitrogen and oxygen atoms in total. The number of benzene rings is 2. The quantitative estimate of drug-likeness (QED) is 0.121. The fraction of sp³-hybridized carbons (Fsp3) is 0.433. The average Bonchev–Trinajstić information content (AvgIpc) is 2.94. The number of nitro groups is 1. The maximum atomic E-state index is 13.5. The Morgan fingerprint density at radius 3 is 1.91 bits per heavy atom. The summed E-state index contributed by atoms with van der Waals surface area (Å²) in [5, 5.41) is 40.0. The Balaban J connectivity index is 2.22. The third-order valence-corrected chi connectivity index (χ3v) is 6.53. The molecule has 0 aliphatic heterocycles. The van der Waals surface area contributed by atoms with Gasteiger partial charge in [-0.25, -0.2) is 0 Å². The molecule has 2 aromatic rings. The summed E-state index contributed by atoms with van der Waals surface area (Å²) in [7, 11) is 0. The molecule has 0 heterocycles. The number of hydrogen-bond donors (Lipinski definition) is 6. The minimum atomic E-state index is -1.18. The van der Waals surface area contributed by atoms with E-state index in [2.05, 4.69) is 21.3 Å². The van der Waals surface area contributed by atoms with Crippen molar-refractivity contribution in [2.45, 2.75) is 71.5 Å². The summed E-state index contributed by atoms with van der Waals surface area (Å²) in [6.07, 6.45) is -0.598. The summed E-state index contributed by atoms with van der Waals surface area (Å²) in [5.41, 5.74) is 0.739. The molecule has 0 bridgehead atoms. The maximum Gasteiger partial charge on any atom is 0.303 e. The topological polar surface area (TPSA) is 217 Å². The van der Waals surface area contributed by atoms with Gasteiger partial charge in [-0.2, -0.15) is 0 Å². The minimum absolute atomic E-state index is 0.00577. The van der Waals surface area contributed by atoms with Gasteiger partial charge in [0.15, 0.2) is 0 Å². The molecule has 2 rings (SSSR count). The molecule has 6 N–H and O–H groups in total. The van der Waals surface area contributed by atoms with Crippen LogP contribution in [0.5, 0.6) is 5.75 Å². The second kappa shape index (κ2) is 16.6. The number of phenolic OH excluding ortho intramolecular Hbond substituents is 1. The van der Waals surface area contributed by atoms with Crippen molar-refractivity contribution in [3.05, 3.63) is 64.2 Å². The first-order chi connectivity index (χ1) is 20.7. The van der Waals surface area contributed by atoms with Gasteiger partial charge in [0.1, 0.15) is 23.9 Å². The van der Waals surface area contributed by atoms with E-state index < -0.39 is 59.1 Å². The molecule has 44 heavy (non-hydrogen) atoms. The molecule has 238 valence electrons. The Kier molecular flexibility index (Phi) is 13.3. The normalized spacial score (nSPS) is 13.0. The van der Waals surface area contributed by atoms with Gasteiger partial charge in [-0.15, -0.1) is 0 Å². The first-order valence-electron chi connectivity index (χ1n) is 14.1. The zero-order valence-electron chi connectivity index (χ0n) is 25.0. The third-order valence-electron chi connectivity index (χ3n) is 6.53. The van der Waals surface area contributed by atoms with E-state index in [1.165, 1.54) is 36.4 Å². The predicted octanol–water partition coefficient (Wildman–Crippen LogP) is 2.50. The van der Waals surface area contributed by atoms with Crippen LogP contribution in [0.25, 0.3) is 0 Å². The summed E-state index contributed by atoms with van der Waals surface area (Å²) in [5.74, 6) is -4.16. The zero-order chi connectivity index (χ0) is 33.0. The van der Waals surface area contributed by atoms with Gasteiger partial charge >= 0.3 is 5.97 Å². The van der Waals surface area contributed by atoms with Crippen molar-refractivity contribution in [3.8, 4) is 5.75 Å². The van der Waals surface area contributed by atoms with Crippen molar-refractivity contribution in [3.63, 3.8) is 0 Å². The first-order valence-corrected chi connectivity index (χ1v) is 14.1. The highest BCUT2D eigenvalue weighted by molar-refractivity contribution is 5.99. The number of carbonyl (C=O) groups excluding carboxylic acids is 4.